The first-order chi connectivity index (χ1) is 16.1. The molecule has 1 N–H and O–H groups in total. The van der Waals surface area contributed by atoms with Gasteiger partial charge in [-0.15, -0.1) is 11.8 Å². The molecule has 1 atom stereocenters. The van der Waals surface area contributed by atoms with Crippen molar-refractivity contribution in [3.8, 4) is 5.75 Å². The minimum absolute atomic E-state index is 0.102. The van der Waals surface area contributed by atoms with E-state index in [4.69, 9.17) is 9.84 Å². The Hall–Kier alpha value is -1.82. The molecule has 0 bridgehead atoms. The van der Waals surface area contributed by atoms with E-state index < -0.39 is 21.8 Å². The van der Waals surface area contributed by atoms with Crippen molar-refractivity contribution in [3.05, 3.63) is 24.2 Å². The van der Waals surface area contributed by atoms with Crippen LogP contribution in [0.5, 0.6) is 5.75 Å². The Morgan fingerprint density at radius 2 is 1.97 bits per heavy atom. The Labute approximate surface area is 205 Å². The predicted molar refractivity (Wildman–Crippen MR) is 132 cm³/mol. The lowest BCUT2D eigenvalue weighted by molar-refractivity contribution is -0.134. The van der Waals surface area contributed by atoms with E-state index in [1.165, 1.54) is 22.1 Å². The smallest absolute Gasteiger partial charge is 0.368 e. The predicted octanol–water partition coefficient (Wildman–Crippen LogP) is 3.78. The molecule has 0 radical (unpaired) electrons. The highest BCUT2D eigenvalue weighted by Crippen LogP contribution is 2.42. The molecule has 1 aromatic rings. The van der Waals surface area contributed by atoms with Crippen LogP contribution in [0.15, 0.2) is 34.0 Å². The van der Waals surface area contributed by atoms with Gasteiger partial charge in [0.05, 0.1) is 10.6 Å². The average Bonchev–Trinajstić information content (AvgIpc) is 2.89. The van der Waals surface area contributed by atoms with Gasteiger partial charge in [0.1, 0.15) is 16.9 Å². The van der Waals surface area contributed by atoms with Crippen LogP contribution in [0.2, 0.25) is 0 Å². The number of ether oxygens (including phenoxy) is 1. The van der Waals surface area contributed by atoms with E-state index in [-0.39, 0.29) is 22.7 Å². The summed E-state index contributed by atoms with van der Waals surface area (Å²) in [6.45, 7) is 4.56. The Morgan fingerprint density at radius 3 is 2.56 bits per heavy atom. The lowest BCUT2D eigenvalue weighted by atomic mass is 10.0. The summed E-state index contributed by atoms with van der Waals surface area (Å²) in [7, 11) is -0.153. The molecule has 8 nitrogen and oxygen atoms in total. The Morgan fingerprint density at radius 1 is 1.29 bits per heavy atom. The topological polar surface area (TPSA) is 90.4 Å². The zero-order chi connectivity index (χ0) is 25.0. The van der Waals surface area contributed by atoms with E-state index in [0.717, 1.165) is 45.2 Å². The number of piperidine rings is 1. The molecular formula is C23H34FN3O5S2. The molecule has 0 saturated carbocycles. The largest absolute Gasteiger partial charge is 0.476 e. The van der Waals surface area contributed by atoms with Crippen LogP contribution in [0.4, 0.5) is 10.1 Å². The van der Waals surface area contributed by atoms with Gasteiger partial charge >= 0.3 is 5.97 Å². The fraction of sp³-hybridized carbons (Fsp3) is 0.609. The third-order valence-corrected chi connectivity index (χ3v) is 9.34. The van der Waals surface area contributed by atoms with Gasteiger partial charge in [-0.1, -0.05) is 19.8 Å². The van der Waals surface area contributed by atoms with Gasteiger partial charge in [0, 0.05) is 31.7 Å². The number of carboxylic acids is 1. The molecule has 11 heteroatoms. The summed E-state index contributed by atoms with van der Waals surface area (Å²) < 4.78 is 47.8. The van der Waals surface area contributed by atoms with Gasteiger partial charge in [0.15, 0.2) is 0 Å². The second-order valence-corrected chi connectivity index (χ2v) is 11.7. The van der Waals surface area contributed by atoms with Crippen molar-refractivity contribution in [1.82, 2.24) is 9.21 Å². The number of likely N-dealkylation sites (N-methyl/N-ethyl adjacent to an activating group) is 1. The van der Waals surface area contributed by atoms with Crippen molar-refractivity contribution in [2.24, 2.45) is 0 Å². The molecule has 2 aliphatic heterocycles. The maximum Gasteiger partial charge on any atom is 0.368 e. The van der Waals surface area contributed by atoms with E-state index in [2.05, 4.69) is 23.8 Å². The maximum absolute atomic E-state index is 13.7. The fourth-order valence-corrected chi connectivity index (χ4v) is 6.64. The van der Waals surface area contributed by atoms with Gasteiger partial charge in [0.25, 0.3) is 0 Å². The van der Waals surface area contributed by atoms with Crippen LogP contribution < -0.4 is 9.64 Å². The Bertz CT molecular complexity index is 1030. The van der Waals surface area contributed by atoms with E-state index >= 15 is 0 Å². The van der Waals surface area contributed by atoms with Gasteiger partial charge < -0.3 is 19.6 Å². The number of carbonyl (C=O) groups is 1. The summed E-state index contributed by atoms with van der Waals surface area (Å²) >= 11 is 1.33. The SMILES string of the molecule is CCCC[C@@H]1CN(C2CCN(C)CC2)c2cc(SC)c(O/C=C(\F)C(=O)O)cc2S(=O)(=O)N1C. The Kier molecular flexibility index (Phi) is 8.88. The van der Waals surface area contributed by atoms with Crippen molar-refractivity contribution >= 4 is 33.4 Å². The highest BCUT2D eigenvalue weighted by Gasteiger charge is 2.39. The van der Waals surface area contributed by atoms with E-state index in [0.29, 0.717) is 23.4 Å². The molecule has 3 rings (SSSR count). The van der Waals surface area contributed by atoms with Crippen LogP contribution in [-0.4, -0.2) is 80.8 Å². The molecule has 0 aliphatic carbocycles. The number of likely N-dealkylation sites (tertiary alicyclic amines) is 1. The summed E-state index contributed by atoms with van der Waals surface area (Å²) in [6, 6.07) is 3.21. The molecule has 0 amide bonds. The third kappa shape index (κ3) is 5.69. The van der Waals surface area contributed by atoms with Gasteiger partial charge in [-0.05, 0) is 51.7 Å². The van der Waals surface area contributed by atoms with Crippen molar-refractivity contribution in [1.29, 1.82) is 0 Å². The second-order valence-electron chi connectivity index (χ2n) is 8.86. The van der Waals surface area contributed by atoms with Crippen LogP contribution in [0.3, 0.4) is 0 Å². The lowest BCUT2D eigenvalue weighted by Gasteiger charge is -2.40. The van der Waals surface area contributed by atoms with Crippen molar-refractivity contribution in [2.45, 2.75) is 60.9 Å². The molecule has 1 fully saturated rings. The third-order valence-electron chi connectivity index (χ3n) is 6.65. The Balaban J connectivity index is 2.13. The summed E-state index contributed by atoms with van der Waals surface area (Å²) in [4.78, 5) is 16.0. The number of aliphatic carboxylic acids is 1. The quantitative estimate of drug-likeness (QED) is 0.318. The minimum Gasteiger partial charge on any atom is -0.476 e. The number of fused-ring (bicyclic) bond motifs is 1. The van der Waals surface area contributed by atoms with Crippen LogP contribution in [0.25, 0.3) is 0 Å². The number of thioether (sulfide) groups is 1. The molecule has 1 saturated heterocycles. The fourth-order valence-electron chi connectivity index (χ4n) is 4.54. The molecule has 2 aliphatic rings. The highest BCUT2D eigenvalue weighted by atomic mass is 32.2. The van der Waals surface area contributed by atoms with Crippen LogP contribution in [-0.2, 0) is 14.8 Å². The van der Waals surface area contributed by atoms with Crippen LogP contribution >= 0.6 is 11.8 Å². The molecule has 1 aromatic carbocycles. The summed E-state index contributed by atoms with van der Waals surface area (Å²) in [6.07, 6.45) is 6.82. The van der Waals surface area contributed by atoms with Gasteiger partial charge in [-0.2, -0.15) is 8.70 Å². The molecule has 2 heterocycles. The number of halogens is 1. The summed E-state index contributed by atoms with van der Waals surface area (Å²) in [5, 5.41) is 8.79. The minimum atomic E-state index is -3.86. The molecular weight excluding hydrogens is 481 g/mol. The summed E-state index contributed by atoms with van der Waals surface area (Å²) in [5.41, 5.74) is 0.625. The van der Waals surface area contributed by atoms with Crippen LogP contribution in [0.1, 0.15) is 39.0 Å². The number of nitrogens with zero attached hydrogens (tertiary/aromatic N) is 3. The second kappa shape index (κ2) is 11.3. The number of unbranched alkanes of at least 4 members (excludes halogenated alkanes) is 1. The zero-order valence-corrected chi connectivity index (χ0v) is 21.8. The highest BCUT2D eigenvalue weighted by molar-refractivity contribution is 7.98. The van der Waals surface area contributed by atoms with Crippen LogP contribution in [0, 0.1) is 0 Å². The lowest BCUT2D eigenvalue weighted by Crippen LogP contribution is -2.48. The molecule has 0 spiro atoms. The number of carboxylic acid groups (broad SMARTS) is 1. The first-order valence-electron chi connectivity index (χ1n) is 11.5. The average molecular weight is 516 g/mol. The normalized spacial score (nSPS) is 22.3. The van der Waals surface area contributed by atoms with E-state index in [1.807, 2.05) is 6.26 Å². The van der Waals surface area contributed by atoms with Crippen molar-refractivity contribution < 1.29 is 27.4 Å². The van der Waals surface area contributed by atoms with E-state index in [9.17, 15) is 17.6 Å². The monoisotopic (exact) mass is 515 g/mol. The van der Waals surface area contributed by atoms with Gasteiger partial charge in [-0.3, -0.25) is 0 Å². The van der Waals surface area contributed by atoms with Gasteiger partial charge in [0.2, 0.25) is 15.9 Å². The molecule has 0 aromatic heterocycles. The van der Waals surface area contributed by atoms with Gasteiger partial charge in [-0.25, -0.2) is 13.2 Å². The number of sulfonamides is 1. The zero-order valence-electron chi connectivity index (χ0n) is 20.2. The summed E-state index contributed by atoms with van der Waals surface area (Å²) in [5.74, 6) is -3.11. The van der Waals surface area contributed by atoms with E-state index in [1.54, 1.807) is 13.1 Å². The first-order valence-corrected chi connectivity index (χ1v) is 14.2. The number of hydrogen-bond acceptors (Lipinski definition) is 7. The van der Waals surface area contributed by atoms with Crippen molar-refractivity contribution in [2.75, 3.05) is 44.9 Å². The van der Waals surface area contributed by atoms with Crippen molar-refractivity contribution in [3.63, 3.8) is 0 Å². The molecule has 190 valence electrons. The number of benzene rings is 1. The maximum atomic E-state index is 13.7. The standard InChI is InChI=1S/C23H34FN3O5S2/c1-5-6-7-17-14-27(16-8-10-25(2)11-9-16)19-12-21(33-4)20(32-15-18(24)23(28)29)13-22(19)34(30,31)26(17)3/h12-13,15-17H,5-11,14H2,1-4H3,(H,28,29)/b18-15-/t17-/m1/s1. The number of rotatable bonds is 8. The molecule has 34 heavy (non-hydrogen) atoms. The number of hydrogen-bond donors (Lipinski definition) is 1. The molecule has 0 unspecified atom stereocenters. The first kappa shape index (κ1) is 26.8. The number of anilines is 1.